The molecule has 0 amide bonds. The highest BCUT2D eigenvalue weighted by atomic mass is 16.4. The fourth-order valence-corrected chi connectivity index (χ4v) is 1.69. The average molecular weight is 246 g/mol. The number of benzene rings is 1. The van der Waals surface area contributed by atoms with Crippen LogP contribution in [0.15, 0.2) is 35.1 Å². The Morgan fingerprint density at radius 2 is 1.94 bits per heavy atom. The van der Waals surface area contributed by atoms with Gasteiger partial charge >= 0.3 is 5.97 Å². The Kier molecular flexibility index (Phi) is 2.95. The van der Waals surface area contributed by atoms with Crippen LogP contribution in [0.3, 0.4) is 0 Å². The molecule has 0 saturated heterocycles. The number of carboxylic acid groups (broad SMARTS) is 1. The van der Waals surface area contributed by atoms with Crippen LogP contribution in [0.4, 0.5) is 0 Å². The first-order valence-corrected chi connectivity index (χ1v) is 5.15. The predicted molar refractivity (Wildman–Crippen MR) is 64.5 cm³/mol. The fourth-order valence-electron chi connectivity index (χ4n) is 1.69. The van der Waals surface area contributed by atoms with E-state index in [4.69, 9.17) is 10.8 Å². The van der Waals surface area contributed by atoms with Crippen LogP contribution in [-0.4, -0.2) is 27.9 Å². The number of Topliss-reactive ketones (excluding diaryl/α,β-unsaturated/α-hetero) is 1. The van der Waals surface area contributed by atoms with Crippen LogP contribution in [0.5, 0.6) is 0 Å². The number of ketones is 1. The van der Waals surface area contributed by atoms with Gasteiger partial charge in [0, 0.05) is 22.5 Å². The first kappa shape index (κ1) is 12.0. The van der Waals surface area contributed by atoms with E-state index >= 15 is 0 Å². The van der Waals surface area contributed by atoms with Gasteiger partial charge in [0.05, 0.1) is 0 Å². The van der Waals surface area contributed by atoms with Crippen molar-refractivity contribution in [2.75, 3.05) is 0 Å². The normalized spacial score (nSPS) is 12.3. The van der Waals surface area contributed by atoms with E-state index in [1.807, 2.05) is 0 Å². The molecule has 0 radical (unpaired) electrons. The van der Waals surface area contributed by atoms with Gasteiger partial charge in [0.15, 0.2) is 11.8 Å². The zero-order chi connectivity index (χ0) is 13.3. The lowest BCUT2D eigenvalue weighted by molar-refractivity contribution is -0.137. The number of hydrogen-bond donors (Lipinski definition) is 3. The van der Waals surface area contributed by atoms with E-state index < -0.39 is 23.4 Å². The van der Waals surface area contributed by atoms with Crippen molar-refractivity contribution in [3.63, 3.8) is 0 Å². The van der Waals surface area contributed by atoms with Crippen molar-refractivity contribution >= 4 is 22.7 Å². The third kappa shape index (κ3) is 2.01. The molecule has 0 saturated carbocycles. The van der Waals surface area contributed by atoms with E-state index in [1.54, 1.807) is 24.3 Å². The van der Waals surface area contributed by atoms with Gasteiger partial charge in [-0.25, -0.2) is 0 Å². The average Bonchev–Trinajstić information content (AvgIpc) is 2.35. The van der Waals surface area contributed by atoms with Crippen LogP contribution in [0.25, 0.3) is 10.9 Å². The molecule has 1 aromatic heterocycles. The molecule has 0 bridgehead atoms. The number of nitrogens with one attached hydrogen (secondary N) is 1. The predicted octanol–water partition coefficient (Wildman–Crippen LogP) is 0.123. The Morgan fingerprint density at radius 3 is 2.61 bits per heavy atom. The Labute approximate surface area is 101 Å². The minimum absolute atomic E-state index is 0.0178. The number of rotatable bonds is 3. The molecule has 92 valence electrons. The minimum atomic E-state index is -1.67. The highest BCUT2D eigenvalue weighted by Crippen LogP contribution is 2.15. The monoisotopic (exact) mass is 246 g/mol. The molecule has 2 rings (SSSR count). The highest BCUT2D eigenvalue weighted by Gasteiger charge is 2.24. The Morgan fingerprint density at radius 1 is 1.28 bits per heavy atom. The third-order valence-corrected chi connectivity index (χ3v) is 2.56. The Bertz CT molecular complexity index is 690. The zero-order valence-corrected chi connectivity index (χ0v) is 9.21. The maximum atomic E-state index is 11.9. The number of pyridine rings is 1. The molecule has 18 heavy (non-hydrogen) atoms. The van der Waals surface area contributed by atoms with Crippen LogP contribution in [0.2, 0.25) is 0 Å². The van der Waals surface area contributed by atoms with Crippen molar-refractivity contribution in [2.45, 2.75) is 6.04 Å². The van der Waals surface area contributed by atoms with Gasteiger partial charge < -0.3 is 15.8 Å². The van der Waals surface area contributed by atoms with E-state index in [1.165, 1.54) is 0 Å². The van der Waals surface area contributed by atoms with E-state index in [0.29, 0.717) is 10.9 Å². The van der Waals surface area contributed by atoms with E-state index in [0.717, 1.165) is 6.07 Å². The lowest BCUT2D eigenvalue weighted by atomic mass is 10.0. The van der Waals surface area contributed by atoms with Crippen molar-refractivity contribution in [3.05, 3.63) is 46.2 Å². The van der Waals surface area contributed by atoms with Gasteiger partial charge in [0.1, 0.15) is 0 Å². The summed E-state index contributed by atoms with van der Waals surface area (Å²) in [5.41, 5.74) is 5.28. The summed E-state index contributed by atoms with van der Waals surface area (Å²) >= 11 is 0. The summed E-state index contributed by atoms with van der Waals surface area (Å²) in [4.78, 5) is 36.6. The number of carbonyl (C=O) groups excluding carboxylic acids is 1. The lowest BCUT2D eigenvalue weighted by Gasteiger charge is -2.08. The molecule has 1 heterocycles. The maximum absolute atomic E-state index is 11.9. The molecule has 2 aromatic rings. The SMILES string of the molecule is NC(C(=O)O)C(=O)c1cc(=O)[nH]c2ccccc12. The summed E-state index contributed by atoms with van der Waals surface area (Å²) in [6.45, 7) is 0. The number of aromatic amines is 1. The number of carbonyl (C=O) groups is 2. The van der Waals surface area contributed by atoms with Crippen LogP contribution in [0, 0.1) is 0 Å². The quantitative estimate of drug-likeness (QED) is 0.526. The summed E-state index contributed by atoms with van der Waals surface area (Å²) in [7, 11) is 0. The molecule has 6 nitrogen and oxygen atoms in total. The number of aromatic nitrogens is 1. The molecular weight excluding hydrogens is 236 g/mol. The molecule has 1 aromatic carbocycles. The molecule has 0 fully saturated rings. The van der Waals surface area contributed by atoms with Crippen LogP contribution in [-0.2, 0) is 4.79 Å². The highest BCUT2D eigenvalue weighted by molar-refractivity contribution is 6.16. The summed E-state index contributed by atoms with van der Waals surface area (Å²) < 4.78 is 0. The van der Waals surface area contributed by atoms with Crippen molar-refractivity contribution in [2.24, 2.45) is 5.73 Å². The van der Waals surface area contributed by atoms with Crippen molar-refractivity contribution in [3.8, 4) is 0 Å². The number of fused-ring (bicyclic) bond motifs is 1. The molecule has 0 aliphatic rings. The molecule has 4 N–H and O–H groups in total. The van der Waals surface area contributed by atoms with E-state index in [-0.39, 0.29) is 5.56 Å². The summed E-state index contributed by atoms with van der Waals surface area (Å²) in [5, 5.41) is 9.19. The van der Waals surface area contributed by atoms with Crippen LogP contribution >= 0.6 is 0 Å². The smallest absolute Gasteiger partial charge is 0.328 e. The number of aliphatic carboxylic acids is 1. The standard InChI is InChI=1S/C12H10N2O4/c13-10(12(17)18)11(16)7-5-9(15)14-8-4-2-1-3-6(7)8/h1-5,10H,13H2,(H,14,15)(H,17,18). The van der Waals surface area contributed by atoms with Gasteiger partial charge in [0.25, 0.3) is 0 Å². The van der Waals surface area contributed by atoms with E-state index in [9.17, 15) is 14.4 Å². The topological polar surface area (TPSA) is 113 Å². The second-order valence-corrected chi connectivity index (χ2v) is 3.77. The number of para-hydroxylation sites is 1. The number of H-pyrrole nitrogens is 1. The van der Waals surface area contributed by atoms with Crippen LogP contribution in [0.1, 0.15) is 10.4 Å². The molecule has 0 spiro atoms. The van der Waals surface area contributed by atoms with Gasteiger partial charge in [-0.2, -0.15) is 0 Å². The molecule has 1 atom stereocenters. The van der Waals surface area contributed by atoms with Crippen molar-refractivity contribution in [1.29, 1.82) is 0 Å². The number of hydrogen-bond acceptors (Lipinski definition) is 4. The molecular formula is C12H10N2O4. The molecule has 6 heteroatoms. The van der Waals surface area contributed by atoms with Gasteiger partial charge in [-0.1, -0.05) is 18.2 Å². The Hall–Kier alpha value is -2.47. The van der Waals surface area contributed by atoms with Gasteiger partial charge in [-0.15, -0.1) is 0 Å². The summed E-state index contributed by atoms with van der Waals surface area (Å²) in [6, 6.07) is 6.02. The van der Waals surface area contributed by atoms with Gasteiger partial charge in [-0.05, 0) is 6.07 Å². The van der Waals surface area contributed by atoms with Crippen LogP contribution < -0.4 is 11.3 Å². The zero-order valence-electron chi connectivity index (χ0n) is 9.21. The van der Waals surface area contributed by atoms with Gasteiger partial charge in [-0.3, -0.25) is 14.4 Å². The molecule has 0 aliphatic carbocycles. The van der Waals surface area contributed by atoms with Gasteiger partial charge in [0.2, 0.25) is 5.56 Å². The lowest BCUT2D eigenvalue weighted by Crippen LogP contribution is -2.39. The molecule has 1 unspecified atom stereocenters. The van der Waals surface area contributed by atoms with Crippen molar-refractivity contribution < 1.29 is 14.7 Å². The number of carboxylic acids is 1. The largest absolute Gasteiger partial charge is 0.480 e. The number of nitrogens with two attached hydrogens (primary N) is 1. The first-order chi connectivity index (χ1) is 8.50. The maximum Gasteiger partial charge on any atom is 0.328 e. The summed E-state index contributed by atoms with van der Waals surface area (Å²) in [6.07, 6.45) is 0. The minimum Gasteiger partial charge on any atom is -0.480 e. The first-order valence-electron chi connectivity index (χ1n) is 5.15. The fraction of sp³-hybridized carbons (Fsp3) is 0.0833. The Balaban J connectivity index is 2.67. The summed E-state index contributed by atoms with van der Waals surface area (Å²) in [5.74, 6) is -2.21. The van der Waals surface area contributed by atoms with Crippen molar-refractivity contribution in [1.82, 2.24) is 4.98 Å². The van der Waals surface area contributed by atoms with E-state index in [2.05, 4.69) is 4.98 Å². The second kappa shape index (κ2) is 4.42. The molecule has 0 aliphatic heterocycles. The third-order valence-electron chi connectivity index (χ3n) is 2.56. The second-order valence-electron chi connectivity index (χ2n) is 3.77.